The summed E-state index contributed by atoms with van der Waals surface area (Å²) in [5.41, 5.74) is 5.32. The normalized spacial score (nSPS) is 28.5. The number of rotatable bonds is 5. The van der Waals surface area contributed by atoms with Gasteiger partial charge in [0.05, 0.1) is 5.41 Å². The highest BCUT2D eigenvalue weighted by molar-refractivity contribution is 5.82. The first kappa shape index (κ1) is 14.5. The number of nitrogens with one attached hydrogen (secondary N) is 1. The van der Waals surface area contributed by atoms with E-state index < -0.39 is 0 Å². The van der Waals surface area contributed by atoms with Crippen molar-refractivity contribution >= 4 is 5.91 Å². The smallest absolute Gasteiger partial charge is 0.227 e. The summed E-state index contributed by atoms with van der Waals surface area (Å²) in [5.74, 6) is 1.01. The molecule has 0 aromatic heterocycles. The Morgan fingerprint density at radius 3 is 2.29 bits per heavy atom. The van der Waals surface area contributed by atoms with Gasteiger partial charge in [-0.2, -0.15) is 0 Å². The molecule has 3 nitrogen and oxygen atoms in total. The van der Waals surface area contributed by atoms with Crippen molar-refractivity contribution < 1.29 is 4.79 Å². The molecule has 0 bridgehead atoms. The molecule has 3 N–H and O–H groups in total. The largest absolute Gasteiger partial charge is 0.353 e. The predicted molar refractivity (Wildman–Crippen MR) is 71.6 cm³/mol. The third-order valence-electron chi connectivity index (χ3n) is 4.54. The van der Waals surface area contributed by atoms with Crippen molar-refractivity contribution in [3.63, 3.8) is 0 Å². The van der Waals surface area contributed by atoms with E-state index >= 15 is 0 Å². The lowest BCUT2D eigenvalue weighted by Gasteiger charge is -2.32. The quantitative estimate of drug-likeness (QED) is 0.775. The molecule has 0 aromatic rings. The van der Waals surface area contributed by atoms with Gasteiger partial charge in [0.2, 0.25) is 5.91 Å². The van der Waals surface area contributed by atoms with Crippen LogP contribution in [0.25, 0.3) is 0 Å². The molecule has 0 aliphatic heterocycles. The molecular formula is C14H28N2O. The number of carbonyl (C=O) groups excluding carboxylic acids is 1. The highest BCUT2D eigenvalue weighted by Crippen LogP contribution is 2.27. The van der Waals surface area contributed by atoms with E-state index in [1.165, 1.54) is 19.3 Å². The fourth-order valence-electron chi connectivity index (χ4n) is 2.47. The van der Waals surface area contributed by atoms with Crippen LogP contribution in [0.3, 0.4) is 0 Å². The number of hydrogen-bond acceptors (Lipinski definition) is 2. The topological polar surface area (TPSA) is 55.1 Å². The summed E-state index contributed by atoms with van der Waals surface area (Å²) in [6.07, 6.45) is 6.86. The van der Waals surface area contributed by atoms with Crippen LogP contribution in [0.5, 0.6) is 0 Å². The van der Waals surface area contributed by atoms with Gasteiger partial charge in [-0.05, 0) is 44.9 Å². The zero-order valence-electron chi connectivity index (χ0n) is 11.6. The summed E-state index contributed by atoms with van der Waals surface area (Å²) in [4.78, 5) is 12.2. The molecule has 0 saturated heterocycles. The lowest BCUT2D eigenvalue weighted by molar-refractivity contribution is -0.130. The summed E-state index contributed by atoms with van der Waals surface area (Å²) >= 11 is 0. The molecule has 0 aromatic carbocycles. The molecule has 1 unspecified atom stereocenters. The van der Waals surface area contributed by atoms with E-state index in [2.05, 4.69) is 12.2 Å². The first-order valence-corrected chi connectivity index (χ1v) is 7.06. The van der Waals surface area contributed by atoms with Crippen LogP contribution < -0.4 is 11.1 Å². The molecule has 0 radical (unpaired) electrons. The summed E-state index contributed by atoms with van der Waals surface area (Å²) in [6.45, 7) is 6.67. The van der Waals surface area contributed by atoms with E-state index in [9.17, 15) is 4.79 Å². The maximum Gasteiger partial charge on any atom is 0.227 e. The maximum atomic E-state index is 12.2. The lowest BCUT2D eigenvalue weighted by Crippen LogP contribution is -2.48. The van der Waals surface area contributed by atoms with Crippen LogP contribution in [0.4, 0.5) is 0 Å². The molecule has 100 valence electrons. The zero-order chi connectivity index (χ0) is 12.9. The average Bonchev–Trinajstić information content (AvgIpc) is 2.38. The number of nitrogens with two attached hydrogens (primary N) is 1. The van der Waals surface area contributed by atoms with Gasteiger partial charge in [-0.1, -0.05) is 20.3 Å². The van der Waals surface area contributed by atoms with Crippen LogP contribution in [-0.2, 0) is 4.79 Å². The first-order valence-electron chi connectivity index (χ1n) is 7.06. The van der Waals surface area contributed by atoms with E-state index in [0.717, 1.165) is 25.2 Å². The molecule has 1 saturated carbocycles. The Kier molecular flexibility index (Phi) is 5.44. The van der Waals surface area contributed by atoms with E-state index in [1.807, 2.05) is 13.8 Å². The molecule has 1 aliphatic rings. The minimum absolute atomic E-state index is 0.141. The Morgan fingerprint density at radius 2 is 1.88 bits per heavy atom. The number of amides is 1. The van der Waals surface area contributed by atoms with Gasteiger partial charge in [0.15, 0.2) is 0 Å². The van der Waals surface area contributed by atoms with Crippen LogP contribution in [0.2, 0.25) is 0 Å². The van der Waals surface area contributed by atoms with Crippen LogP contribution in [0.15, 0.2) is 0 Å². The molecule has 1 aliphatic carbocycles. The first-order chi connectivity index (χ1) is 8.05. The second-order valence-electron chi connectivity index (χ2n) is 5.72. The molecule has 1 fully saturated rings. The SMILES string of the molecule is CCC1CCC(NC(=O)C(C)(CC)CN)CC1. The van der Waals surface area contributed by atoms with Crippen molar-refractivity contribution in [2.24, 2.45) is 17.1 Å². The molecule has 0 spiro atoms. The summed E-state index contributed by atoms with van der Waals surface area (Å²) in [5, 5.41) is 3.19. The van der Waals surface area contributed by atoms with Gasteiger partial charge in [0.1, 0.15) is 0 Å². The maximum absolute atomic E-state index is 12.2. The van der Waals surface area contributed by atoms with Gasteiger partial charge in [0, 0.05) is 12.6 Å². The van der Waals surface area contributed by atoms with E-state index in [1.54, 1.807) is 0 Å². The Bertz CT molecular complexity index is 241. The Morgan fingerprint density at radius 1 is 1.29 bits per heavy atom. The standard InChI is InChI=1S/C14H28N2O/c1-4-11-6-8-12(9-7-11)16-13(17)14(3,5-2)10-15/h11-12H,4-10,15H2,1-3H3,(H,16,17). The molecule has 1 rings (SSSR count). The van der Waals surface area contributed by atoms with Crippen LogP contribution in [-0.4, -0.2) is 18.5 Å². The van der Waals surface area contributed by atoms with Gasteiger partial charge in [-0.3, -0.25) is 4.79 Å². The minimum Gasteiger partial charge on any atom is -0.353 e. The highest BCUT2D eigenvalue weighted by Gasteiger charge is 2.32. The van der Waals surface area contributed by atoms with Gasteiger partial charge >= 0.3 is 0 Å². The molecule has 1 atom stereocenters. The van der Waals surface area contributed by atoms with E-state index in [4.69, 9.17) is 5.73 Å². The number of hydrogen-bond donors (Lipinski definition) is 2. The second kappa shape index (κ2) is 6.39. The van der Waals surface area contributed by atoms with Crippen molar-refractivity contribution in [1.82, 2.24) is 5.32 Å². The van der Waals surface area contributed by atoms with E-state index in [0.29, 0.717) is 12.6 Å². The van der Waals surface area contributed by atoms with Crippen molar-refractivity contribution in [3.05, 3.63) is 0 Å². The van der Waals surface area contributed by atoms with Crippen molar-refractivity contribution in [2.75, 3.05) is 6.54 Å². The highest BCUT2D eigenvalue weighted by atomic mass is 16.2. The van der Waals surface area contributed by atoms with Crippen molar-refractivity contribution in [2.45, 2.75) is 65.3 Å². The van der Waals surface area contributed by atoms with E-state index in [-0.39, 0.29) is 11.3 Å². The predicted octanol–water partition coefficient (Wildman–Crippen LogP) is 2.45. The lowest BCUT2D eigenvalue weighted by atomic mass is 9.82. The molecule has 0 heterocycles. The fraction of sp³-hybridized carbons (Fsp3) is 0.929. The molecular weight excluding hydrogens is 212 g/mol. The van der Waals surface area contributed by atoms with Crippen molar-refractivity contribution in [3.8, 4) is 0 Å². The zero-order valence-corrected chi connectivity index (χ0v) is 11.6. The molecule has 1 amide bonds. The minimum atomic E-state index is -0.387. The fourth-order valence-corrected chi connectivity index (χ4v) is 2.47. The van der Waals surface area contributed by atoms with Gasteiger partial charge in [-0.25, -0.2) is 0 Å². The summed E-state index contributed by atoms with van der Waals surface area (Å²) in [6, 6.07) is 0.378. The van der Waals surface area contributed by atoms with Crippen LogP contribution >= 0.6 is 0 Å². The van der Waals surface area contributed by atoms with Crippen LogP contribution in [0.1, 0.15) is 59.3 Å². The summed E-state index contributed by atoms with van der Waals surface area (Å²) in [7, 11) is 0. The van der Waals surface area contributed by atoms with Crippen molar-refractivity contribution in [1.29, 1.82) is 0 Å². The average molecular weight is 240 g/mol. The third-order valence-corrected chi connectivity index (χ3v) is 4.54. The monoisotopic (exact) mass is 240 g/mol. The Labute approximate surface area is 106 Å². The third kappa shape index (κ3) is 3.70. The Balaban J connectivity index is 2.42. The molecule has 3 heteroatoms. The summed E-state index contributed by atoms with van der Waals surface area (Å²) < 4.78 is 0. The van der Waals surface area contributed by atoms with Gasteiger partial charge in [0.25, 0.3) is 0 Å². The van der Waals surface area contributed by atoms with Crippen LogP contribution in [0, 0.1) is 11.3 Å². The van der Waals surface area contributed by atoms with Gasteiger partial charge in [-0.15, -0.1) is 0 Å². The van der Waals surface area contributed by atoms with Gasteiger partial charge < -0.3 is 11.1 Å². The second-order valence-corrected chi connectivity index (χ2v) is 5.72. The number of carbonyl (C=O) groups is 1. The Hall–Kier alpha value is -0.570. The molecule has 17 heavy (non-hydrogen) atoms.